The number of rotatable bonds is 3. The molecule has 19 heavy (non-hydrogen) atoms. The molecule has 1 atom stereocenters. The second kappa shape index (κ2) is 6.01. The third kappa shape index (κ3) is 3.54. The van der Waals surface area contributed by atoms with Gasteiger partial charge in [-0.2, -0.15) is 0 Å². The second-order valence-electron chi connectivity index (χ2n) is 5.38. The summed E-state index contributed by atoms with van der Waals surface area (Å²) in [4.78, 5) is 12.1. The highest BCUT2D eigenvalue weighted by molar-refractivity contribution is 9.10. The molecule has 1 heterocycles. The topological polar surface area (TPSA) is 41.1 Å². The molecule has 2 rings (SSSR count). The van der Waals surface area contributed by atoms with Gasteiger partial charge in [0.25, 0.3) is 5.91 Å². The smallest absolute Gasteiger partial charge is 0.252 e. The lowest BCUT2D eigenvalue weighted by Crippen LogP contribution is -2.45. The van der Waals surface area contributed by atoms with Gasteiger partial charge in [-0.15, -0.1) is 0 Å². The molecule has 1 fully saturated rings. The Morgan fingerprint density at radius 3 is 3.05 bits per heavy atom. The van der Waals surface area contributed by atoms with Crippen molar-refractivity contribution in [3.63, 3.8) is 0 Å². The van der Waals surface area contributed by atoms with Crippen LogP contribution < -0.4 is 10.6 Å². The van der Waals surface area contributed by atoms with Gasteiger partial charge in [-0.05, 0) is 52.9 Å². The van der Waals surface area contributed by atoms with E-state index in [0.29, 0.717) is 12.1 Å². The summed E-state index contributed by atoms with van der Waals surface area (Å²) >= 11 is 3.11. The summed E-state index contributed by atoms with van der Waals surface area (Å²) in [5, 5.41) is 6.24. The highest BCUT2D eigenvalue weighted by Crippen LogP contribution is 2.25. The first-order valence-corrected chi connectivity index (χ1v) is 7.24. The number of hydrogen-bond donors (Lipinski definition) is 2. The predicted molar refractivity (Wildman–Crippen MR) is 76.6 cm³/mol. The van der Waals surface area contributed by atoms with E-state index < -0.39 is 5.82 Å². The molecule has 0 bridgehead atoms. The van der Waals surface area contributed by atoms with E-state index >= 15 is 0 Å². The van der Waals surface area contributed by atoms with Crippen molar-refractivity contribution in [3.05, 3.63) is 34.1 Å². The summed E-state index contributed by atoms with van der Waals surface area (Å²) < 4.78 is 13.6. The fourth-order valence-corrected chi connectivity index (χ4v) is 2.78. The highest BCUT2D eigenvalue weighted by Gasteiger charge is 2.27. The zero-order valence-corrected chi connectivity index (χ0v) is 12.5. The summed E-state index contributed by atoms with van der Waals surface area (Å²) in [6, 6.07) is 4.48. The maximum Gasteiger partial charge on any atom is 0.252 e. The third-order valence-corrected chi connectivity index (χ3v) is 4.36. The minimum Gasteiger partial charge on any atom is -0.351 e. The summed E-state index contributed by atoms with van der Waals surface area (Å²) in [7, 11) is 0. The lowest BCUT2D eigenvalue weighted by molar-refractivity contribution is 0.0923. The van der Waals surface area contributed by atoms with Crippen molar-refractivity contribution in [2.45, 2.75) is 19.8 Å². The van der Waals surface area contributed by atoms with Crippen molar-refractivity contribution < 1.29 is 9.18 Å². The van der Waals surface area contributed by atoms with E-state index in [1.807, 2.05) is 0 Å². The number of benzene rings is 1. The molecular weight excluding hydrogens is 311 g/mol. The predicted octanol–water partition coefficient (Wildman–Crippen LogP) is 2.71. The first-order chi connectivity index (χ1) is 9.02. The Kier molecular flexibility index (Phi) is 4.58. The lowest BCUT2D eigenvalue weighted by atomic mass is 9.83. The molecule has 0 radical (unpaired) electrons. The SMILES string of the molecule is CC1(CNC(=O)c2cccc(F)c2Br)CCCNC1. The van der Waals surface area contributed by atoms with Gasteiger partial charge in [-0.1, -0.05) is 13.0 Å². The molecule has 0 spiro atoms. The number of hydrogen-bond acceptors (Lipinski definition) is 2. The maximum atomic E-state index is 13.4. The Balaban J connectivity index is 1.99. The molecule has 5 heteroatoms. The molecule has 0 saturated carbocycles. The van der Waals surface area contributed by atoms with Crippen molar-refractivity contribution in [2.75, 3.05) is 19.6 Å². The van der Waals surface area contributed by atoms with Crippen molar-refractivity contribution in [3.8, 4) is 0 Å². The Labute approximate surface area is 121 Å². The number of carbonyl (C=O) groups is 1. The van der Waals surface area contributed by atoms with E-state index in [9.17, 15) is 9.18 Å². The van der Waals surface area contributed by atoms with Crippen LogP contribution in [0.3, 0.4) is 0 Å². The molecule has 1 aliphatic heterocycles. The van der Waals surface area contributed by atoms with Crippen molar-refractivity contribution in [1.29, 1.82) is 0 Å². The van der Waals surface area contributed by atoms with Gasteiger partial charge in [0.05, 0.1) is 10.0 Å². The molecule has 1 aromatic carbocycles. The van der Waals surface area contributed by atoms with Crippen molar-refractivity contribution in [2.24, 2.45) is 5.41 Å². The molecule has 104 valence electrons. The van der Waals surface area contributed by atoms with Crippen LogP contribution in [0.15, 0.2) is 22.7 Å². The first-order valence-electron chi connectivity index (χ1n) is 6.45. The van der Waals surface area contributed by atoms with Crippen LogP contribution in [-0.2, 0) is 0 Å². The summed E-state index contributed by atoms with van der Waals surface area (Å²) in [6.45, 7) is 4.69. The van der Waals surface area contributed by atoms with Crippen LogP contribution in [0.4, 0.5) is 4.39 Å². The lowest BCUT2D eigenvalue weighted by Gasteiger charge is -2.34. The van der Waals surface area contributed by atoms with Crippen molar-refractivity contribution in [1.82, 2.24) is 10.6 Å². The average Bonchev–Trinajstić information content (AvgIpc) is 2.40. The fourth-order valence-electron chi connectivity index (χ4n) is 2.34. The number of nitrogens with one attached hydrogen (secondary N) is 2. The Hall–Kier alpha value is -0.940. The van der Waals surface area contributed by atoms with Gasteiger partial charge in [0, 0.05) is 13.1 Å². The quantitative estimate of drug-likeness (QED) is 0.895. The second-order valence-corrected chi connectivity index (χ2v) is 6.17. The molecule has 3 nitrogen and oxygen atoms in total. The van der Waals surface area contributed by atoms with Crippen LogP contribution in [0, 0.1) is 11.2 Å². The van der Waals surface area contributed by atoms with Crippen molar-refractivity contribution >= 4 is 21.8 Å². The Morgan fingerprint density at radius 1 is 1.58 bits per heavy atom. The van der Waals surface area contributed by atoms with Gasteiger partial charge in [0.1, 0.15) is 5.82 Å². The average molecular weight is 329 g/mol. The fraction of sp³-hybridized carbons (Fsp3) is 0.500. The Morgan fingerprint density at radius 2 is 2.37 bits per heavy atom. The molecular formula is C14H18BrFN2O. The monoisotopic (exact) mass is 328 g/mol. The summed E-state index contributed by atoms with van der Waals surface area (Å²) in [5.41, 5.74) is 0.417. The minimum atomic E-state index is -0.418. The number of halogens is 2. The van der Waals surface area contributed by atoms with E-state index in [1.54, 1.807) is 12.1 Å². The van der Waals surface area contributed by atoms with E-state index in [0.717, 1.165) is 25.9 Å². The molecule has 2 N–H and O–H groups in total. The maximum absolute atomic E-state index is 13.4. The van der Waals surface area contributed by atoms with E-state index in [4.69, 9.17) is 0 Å². The van der Waals surface area contributed by atoms with Crippen LogP contribution in [-0.4, -0.2) is 25.5 Å². The Bertz CT molecular complexity index is 473. The van der Waals surface area contributed by atoms with Gasteiger partial charge < -0.3 is 10.6 Å². The standard InChI is InChI=1S/C14H18BrFN2O/c1-14(6-3-7-17-8-14)9-18-13(19)10-4-2-5-11(16)12(10)15/h2,4-5,17H,3,6-9H2,1H3,(H,18,19). The largest absolute Gasteiger partial charge is 0.351 e. The molecule has 1 amide bonds. The molecule has 0 aliphatic carbocycles. The first kappa shape index (κ1) is 14.5. The zero-order valence-electron chi connectivity index (χ0n) is 10.9. The van der Waals surface area contributed by atoms with Crippen LogP contribution >= 0.6 is 15.9 Å². The van der Waals surface area contributed by atoms with Gasteiger partial charge >= 0.3 is 0 Å². The molecule has 0 aromatic heterocycles. The van der Waals surface area contributed by atoms with Crippen LogP contribution in [0.5, 0.6) is 0 Å². The van der Waals surface area contributed by atoms with Gasteiger partial charge in [-0.25, -0.2) is 4.39 Å². The number of piperidine rings is 1. The normalized spacial score (nSPS) is 23.1. The van der Waals surface area contributed by atoms with Crippen LogP contribution in [0.1, 0.15) is 30.1 Å². The minimum absolute atomic E-state index is 0.0771. The summed E-state index contributed by atoms with van der Waals surface area (Å²) in [6.07, 6.45) is 2.21. The van der Waals surface area contributed by atoms with Gasteiger partial charge in [-0.3, -0.25) is 4.79 Å². The summed E-state index contributed by atoms with van der Waals surface area (Å²) in [5.74, 6) is -0.656. The highest BCUT2D eigenvalue weighted by atomic mass is 79.9. The van der Waals surface area contributed by atoms with Crippen LogP contribution in [0.25, 0.3) is 0 Å². The van der Waals surface area contributed by atoms with Gasteiger partial charge in [0.2, 0.25) is 0 Å². The zero-order chi connectivity index (χ0) is 13.9. The molecule has 1 saturated heterocycles. The molecule has 1 aromatic rings. The molecule has 1 unspecified atom stereocenters. The van der Waals surface area contributed by atoms with Gasteiger partial charge in [0.15, 0.2) is 0 Å². The number of carbonyl (C=O) groups excluding carboxylic acids is 1. The van der Waals surface area contributed by atoms with Crippen LogP contribution in [0.2, 0.25) is 0 Å². The van der Waals surface area contributed by atoms with E-state index in [-0.39, 0.29) is 15.8 Å². The van der Waals surface area contributed by atoms with E-state index in [1.165, 1.54) is 6.07 Å². The third-order valence-electron chi connectivity index (χ3n) is 3.56. The van der Waals surface area contributed by atoms with E-state index in [2.05, 4.69) is 33.5 Å². The molecule has 1 aliphatic rings. The number of amides is 1.